The average Bonchev–Trinajstić information content (AvgIpc) is 2.96. The molecule has 2 heterocycles. The molecule has 1 saturated heterocycles. The van der Waals surface area contributed by atoms with Crippen molar-refractivity contribution < 1.29 is 9.18 Å². The van der Waals surface area contributed by atoms with Gasteiger partial charge in [0.2, 0.25) is 0 Å². The number of amides is 1. The number of carbonyl (C=O) groups excluding carboxylic acids is 1. The van der Waals surface area contributed by atoms with Crippen LogP contribution in [0.5, 0.6) is 0 Å². The van der Waals surface area contributed by atoms with Crippen molar-refractivity contribution in [3.05, 3.63) is 47.5 Å². The fourth-order valence-electron chi connectivity index (χ4n) is 3.37. The highest BCUT2D eigenvalue weighted by atomic mass is 19.1. The third kappa shape index (κ3) is 3.06. The minimum absolute atomic E-state index is 0.0251. The summed E-state index contributed by atoms with van der Waals surface area (Å²) in [6.07, 6.45) is 4.63. The molecule has 1 aromatic heterocycles. The van der Waals surface area contributed by atoms with Crippen LogP contribution in [0.1, 0.15) is 42.2 Å². The molecule has 1 fully saturated rings. The van der Waals surface area contributed by atoms with Crippen molar-refractivity contribution in [1.29, 1.82) is 0 Å². The van der Waals surface area contributed by atoms with E-state index in [1.807, 2.05) is 18.7 Å². The molecule has 0 aliphatic carbocycles. The zero-order chi connectivity index (χ0) is 17.3. The Bertz CT molecular complexity index is 723. The maximum Gasteiger partial charge on any atom is 0.257 e. The summed E-state index contributed by atoms with van der Waals surface area (Å²) in [5.41, 5.74) is 8.13. The van der Waals surface area contributed by atoms with E-state index < -0.39 is 0 Å². The van der Waals surface area contributed by atoms with E-state index >= 15 is 0 Å². The maximum absolute atomic E-state index is 13.1. The second-order valence-electron chi connectivity index (χ2n) is 6.45. The van der Waals surface area contributed by atoms with Crippen molar-refractivity contribution in [2.45, 2.75) is 45.2 Å². The van der Waals surface area contributed by atoms with Crippen LogP contribution in [-0.4, -0.2) is 39.2 Å². The molecule has 2 aromatic rings. The van der Waals surface area contributed by atoms with Gasteiger partial charge in [-0.3, -0.25) is 4.79 Å². The molecular formula is C18H23FN4O. The van der Waals surface area contributed by atoms with Crippen LogP contribution in [0.15, 0.2) is 30.5 Å². The first-order valence-corrected chi connectivity index (χ1v) is 8.36. The molecule has 1 amide bonds. The molecule has 1 aromatic carbocycles. The number of likely N-dealkylation sites (tertiary alicyclic amines) is 1. The maximum atomic E-state index is 13.1. The summed E-state index contributed by atoms with van der Waals surface area (Å²) in [5, 5.41) is 4.32. The van der Waals surface area contributed by atoms with E-state index in [0.29, 0.717) is 5.56 Å². The molecule has 0 saturated carbocycles. The fourth-order valence-corrected chi connectivity index (χ4v) is 3.37. The minimum atomic E-state index is -0.298. The molecule has 2 atom stereocenters. The molecule has 2 N–H and O–H groups in total. The van der Waals surface area contributed by atoms with Crippen molar-refractivity contribution in [1.82, 2.24) is 14.7 Å². The lowest BCUT2D eigenvalue weighted by molar-refractivity contribution is 0.0583. The second kappa shape index (κ2) is 6.73. The highest BCUT2D eigenvalue weighted by Crippen LogP contribution is 2.23. The zero-order valence-electron chi connectivity index (χ0n) is 14.1. The molecule has 6 heteroatoms. The third-order valence-electron chi connectivity index (χ3n) is 4.73. The van der Waals surface area contributed by atoms with E-state index in [4.69, 9.17) is 5.73 Å². The number of nitrogens with zero attached hydrogens (tertiary/aromatic N) is 3. The first kappa shape index (κ1) is 16.6. The Balaban J connectivity index is 1.89. The smallest absolute Gasteiger partial charge is 0.257 e. The Labute approximate surface area is 141 Å². The number of aromatic nitrogens is 2. The fraction of sp³-hybridized carbons (Fsp3) is 0.444. The Kier molecular flexibility index (Phi) is 4.66. The molecule has 0 radical (unpaired) electrons. The lowest BCUT2D eigenvalue weighted by atomic mass is 9.96. The average molecular weight is 330 g/mol. The van der Waals surface area contributed by atoms with Gasteiger partial charge in [-0.1, -0.05) is 0 Å². The highest BCUT2D eigenvalue weighted by Gasteiger charge is 2.31. The molecule has 24 heavy (non-hydrogen) atoms. The van der Waals surface area contributed by atoms with Gasteiger partial charge in [0, 0.05) is 18.6 Å². The highest BCUT2D eigenvalue weighted by molar-refractivity contribution is 5.95. The van der Waals surface area contributed by atoms with E-state index in [1.54, 1.807) is 23.0 Å². The first-order valence-electron chi connectivity index (χ1n) is 8.36. The molecule has 5 nitrogen and oxygen atoms in total. The number of carbonyl (C=O) groups is 1. The number of piperidine rings is 1. The van der Waals surface area contributed by atoms with Gasteiger partial charge in [0.05, 0.1) is 23.1 Å². The number of halogens is 1. The number of nitrogens with two attached hydrogens (primary N) is 1. The van der Waals surface area contributed by atoms with Crippen LogP contribution >= 0.6 is 0 Å². The molecule has 128 valence electrons. The Morgan fingerprint density at radius 3 is 2.71 bits per heavy atom. The van der Waals surface area contributed by atoms with Gasteiger partial charge in [0.25, 0.3) is 5.91 Å². The Morgan fingerprint density at radius 2 is 2.04 bits per heavy atom. The van der Waals surface area contributed by atoms with Gasteiger partial charge in [0.1, 0.15) is 5.82 Å². The summed E-state index contributed by atoms with van der Waals surface area (Å²) in [5.74, 6) is -0.323. The van der Waals surface area contributed by atoms with E-state index in [2.05, 4.69) is 5.10 Å². The summed E-state index contributed by atoms with van der Waals surface area (Å²) in [7, 11) is 0. The van der Waals surface area contributed by atoms with Gasteiger partial charge in [-0.25, -0.2) is 9.07 Å². The SMILES string of the molecule is Cc1c(C(=O)N2CCCCC2C(C)N)cnn1-c1ccc(F)cc1. The summed E-state index contributed by atoms with van der Waals surface area (Å²) >= 11 is 0. The van der Waals surface area contributed by atoms with Crippen LogP contribution in [0.3, 0.4) is 0 Å². The quantitative estimate of drug-likeness (QED) is 0.941. The Morgan fingerprint density at radius 1 is 1.33 bits per heavy atom. The monoisotopic (exact) mass is 330 g/mol. The van der Waals surface area contributed by atoms with E-state index in [9.17, 15) is 9.18 Å². The zero-order valence-corrected chi connectivity index (χ0v) is 14.1. The first-order chi connectivity index (χ1) is 11.5. The van der Waals surface area contributed by atoms with Crippen LogP contribution in [0.25, 0.3) is 5.69 Å². The van der Waals surface area contributed by atoms with Crippen LogP contribution in [-0.2, 0) is 0 Å². The Hall–Kier alpha value is -2.21. The van der Waals surface area contributed by atoms with E-state index in [-0.39, 0.29) is 23.8 Å². The lowest BCUT2D eigenvalue weighted by Gasteiger charge is -2.38. The topological polar surface area (TPSA) is 64.2 Å². The van der Waals surface area contributed by atoms with Crippen molar-refractivity contribution in [3.8, 4) is 5.69 Å². The van der Waals surface area contributed by atoms with Crippen molar-refractivity contribution in [3.63, 3.8) is 0 Å². The molecule has 1 aliphatic rings. The summed E-state index contributed by atoms with van der Waals surface area (Å²) < 4.78 is 14.8. The number of rotatable bonds is 3. The normalized spacial score (nSPS) is 19.3. The standard InChI is InChI=1S/C18H23FN4O/c1-12(20)17-5-3-4-10-22(17)18(24)16-11-21-23(13(16)2)15-8-6-14(19)7-9-15/h6-9,11-12,17H,3-5,10,20H2,1-2H3. The predicted molar refractivity (Wildman–Crippen MR) is 90.6 cm³/mol. The molecule has 2 unspecified atom stereocenters. The summed E-state index contributed by atoms with van der Waals surface area (Å²) in [4.78, 5) is 14.9. The van der Waals surface area contributed by atoms with Crippen LogP contribution in [0, 0.1) is 12.7 Å². The van der Waals surface area contributed by atoms with Crippen molar-refractivity contribution in [2.24, 2.45) is 5.73 Å². The van der Waals surface area contributed by atoms with Crippen molar-refractivity contribution >= 4 is 5.91 Å². The second-order valence-corrected chi connectivity index (χ2v) is 6.45. The van der Waals surface area contributed by atoms with Crippen LogP contribution in [0.4, 0.5) is 4.39 Å². The van der Waals surface area contributed by atoms with E-state index in [0.717, 1.165) is 37.2 Å². The van der Waals surface area contributed by atoms with Gasteiger partial charge < -0.3 is 10.6 Å². The van der Waals surface area contributed by atoms with Gasteiger partial charge >= 0.3 is 0 Å². The number of hydrogen-bond acceptors (Lipinski definition) is 3. The number of hydrogen-bond donors (Lipinski definition) is 1. The van der Waals surface area contributed by atoms with Gasteiger partial charge in [-0.15, -0.1) is 0 Å². The third-order valence-corrected chi connectivity index (χ3v) is 4.73. The number of benzene rings is 1. The molecule has 0 spiro atoms. The summed E-state index contributed by atoms with van der Waals surface area (Å²) in [6, 6.07) is 6.08. The molecular weight excluding hydrogens is 307 g/mol. The van der Waals surface area contributed by atoms with Gasteiger partial charge in [-0.2, -0.15) is 5.10 Å². The van der Waals surface area contributed by atoms with Gasteiger partial charge in [-0.05, 0) is 57.4 Å². The largest absolute Gasteiger partial charge is 0.334 e. The van der Waals surface area contributed by atoms with Crippen LogP contribution in [0.2, 0.25) is 0 Å². The van der Waals surface area contributed by atoms with Crippen LogP contribution < -0.4 is 5.73 Å². The molecule has 3 rings (SSSR count). The summed E-state index contributed by atoms with van der Waals surface area (Å²) in [6.45, 7) is 4.53. The minimum Gasteiger partial charge on any atom is -0.334 e. The van der Waals surface area contributed by atoms with E-state index in [1.165, 1.54) is 12.1 Å². The molecule has 1 aliphatic heterocycles. The predicted octanol–water partition coefficient (Wildman–Crippen LogP) is 2.66. The lowest BCUT2D eigenvalue weighted by Crippen LogP contribution is -2.51. The van der Waals surface area contributed by atoms with Gasteiger partial charge in [0.15, 0.2) is 0 Å². The molecule has 0 bridgehead atoms. The van der Waals surface area contributed by atoms with Crippen molar-refractivity contribution in [2.75, 3.05) is 6.54 Å².